The van der Waals surface area contributed by atoms with Crippen LogP contribution in [0.15, 0.2) is 94.4 Å². The van der Waals surface area contributed by atoms with E-state index in [0.29, 0.717) is 20.8 Å². The van der Waals surface area contributed by atoms with Gasteiger partial charge in [0.2, 0.25) is 0 Å². The van der Waals surface area contributed by atoms with E-state index in [1.807, 2.05) is 6.08 Å². The van der Waals surface area contributed by atoms with Gasteiger partial charge in [0.05, 0.1) is 0 Å². The molecule has 0 unspecified atom stereocenters. The van der Waals surface area contributed by atoms with Gasteiger partial charge in [0.25, 0.3) is 0 Å². The van der Waals surface area contributed by atoms with Crippen LogP contribution < -0.4 is 24.8 Å². The van der Waals surface area contributed by atoms with Crippen LogP contribution >= 0.6 is 0 Å². The second-order valence-electron chi connectivity index (χ2n) is 15.7. The van der Waals surface area contributed by atoms with Crippen LogP contribution in [0.1, 0.15) is 107 Å². The zero-order valence-corrected chi connectivity index (χ0v) is 35.6. The summed E-state index contributed by atoms with van der Waals surface area (Å²) < 4.78 is 87.1. The minimum atomic E-state index is -4.61. The molecule has 2 aliphatic carbocycles. The third kappa shape index (κ3) is 8.03. The van der Waals surface area contributed by atoms with E-state index >= 15 is 0 Å². The molecule has 0 spiro atoms. The van der Waals surface area contributed by atoms with Crippen LogP contribution in [-0.4, -0.2) is 3.26 Å². The molecule has 2 aliphatic rings. The third-order valence-corrected chi connectivity index (χ3v) is 22.1. The molecule has 0 N–H and O–H groups in total. The van der Waals surface area contributed by atoms with Crippen LogP contribution in [0.5, 0.6) is 0 Å². The number of allylic oxidation sites excluding steroid dienone is 4. The maximum Gasteiger partial charge on any atom is -1.00 e. The number of rotatable bonds is 4. The van der Waals surface area contributed by atoms with E-state index in [4.69, 9.17) is 0 Å². The molecule has 52 heavy (non-hydrogen) atoms. The van der Waals surface area contributed by atoms with Gasteiger partial charge in [-0.05, 0) is 0 Å². The summed E-state index contributed by atoms with van der Waals surface area (Å²) >= 11 is -3.84. The van der Waals surface area contributed by atoms with Crippen molar-refractivity contribution in [2.24, 2.45) is 0 Å². The predicted molar refractivity (Wildman–Crippen MR) is 189 cm³/mol. The Kier molecular flexibility index (Phi) is 12.0. The second-order valence-corrected chi connectivity index (χ2v) is 24.9. The van der Waals surface area contributed by atoms with Crippen LogP contribution in [0.3, 0.4) is 0 Å². The Labute approximate surface area is 323 Å². The molecule has 9 heteroatoms. The van der Waals surface area contributed by atoms with Gasteiger partial charge in [-0.3, -0.25) is 0 Å². The zero-order chi connectivity index (χ0) is 36.6. The van der Waals surface area contributed by atoms with E-state index in [1.165, 1.54) is 23.3 Å². The molecule has 0 heterocycles. The van der Waals surface area contributed by atoms with Crippen molar-refractivity contribution in [3.05, 3.63) is 150 Å². The molecule has 4 aromatic carbocycles. The Balaban J connectivity index is 0.00000302. The van der Waals surface area contributed by atoms with E-state index < -0.39 is 44.4 Å². The summed E-state index contributed by atoms with van der Waals surface area (Å²) in [6.45, 7) is 17.4. The average Bonchev–Trinajstić information content (AvgIpc) is 3.63. The molecular weight excluding hydrogens is 880 g/mol. The van der Waals surface area contributed by atoms with E-state index in [-0.39, 0.29) is 39.3 Å². The second kappa shape index (κ2) is 14.8. The Morgan fingerprint density at radius 1 is 0.615 bits per heavy atom. The molecule has 0 nitrogen and oxygen atoms in total. The molecule has 0 amide bonds. The smallest absolute Gasteiger partial charge is 1.00 e. The minimum Gasteiger partial charge on any atom is -1.00 e. The molecule has 0 bridgehead atoms. The number of alkyl halides is 6. The van der Waals surface area contributed by atoms with Gasteiger partial charge < -0.3 is 24.8 Å². The summed E-state index contributed by atoms with van der Waals surface area (Å²) in [6.07, 6.45) is -2.48. The van der Waals surface area contributed by atoms with Crippen molar-refractivity contribution in [3.63, 3.8) is 0 Å². The van der Waals surface area contributed by atoms with Crippen molar-refractivity contribution in [2.75, 3.05) is 0 Å². The largest absolute Gasteiger partial charge is 1.00 e. The summed E-state index contributed by atoms with van der Waals surface area (Å²) in [5.41, 5.74) is 7.97. The molecule has 274 valence electrons. The monoisotopic (exact) mass is 922 g/mol. The Morgan fingerprint density at radius 2 is 1.04 bits per heavy atom. The quantitative estimate of drug-likeness (QED) is 0.157. The molecule has 0 atom stereocenters. The van der Waals surface area contributed by atoms with Gasteiger partial charge >= 0.3 is 300 Å². The summed E-state index contributed by atoms with van der Waals surface area (Å²) in [4.78, 5) is 0. The summed E-state index contributed by atoms with van der Waals surface area (Å²) in [5, 5.41) is 0. The van der Waals surface area contributed by atoms with Gasteiger partial charge in [0.1, 0.15) is 0 Å². The number of aryl methyl sites for hydroxylation is 2. The van der Waals surface area contributed by atoms with Crippen molar-refractivity contribution in [2.45, 2.75) is 88.7 Å². The first kappa shape index (κ1) is 42.0. The Morgan fingerprint density at radius 3 is 1.38 bits per heavy atom. The Hall–Kier alpha value is -2.74. The number of halogens is 8. The van der Waals surface area contributed by atoms with Crippen molar-refractivity contribution >= 4 is 3.26 Å². The number of fused-ring (bicyclic) bond motifs is 3. The first-order chi connectivity index (χ1) is 23.2. The maximum absolute atomic E-state index is 14.2. The Bertz CT molecular complexity index is 1980. The standard InChI is InChI=1S/C23H29.C15H8F6.C5H5.2ClH.Hf/c1-14-9-16-11-17-10-15(2)21(23(6,7)8)13-19(17)18(16)12-20(14)22(3,4)5;16-14(17,18)12-5-1-3-10(8-12)7-11-4-2-6-13(9-11)15(19,20)21;1-2-4-5-3-1;;;/h9-13H,1-8H3;1-6,8-9H;1-3H,4H2;2*1H;/q;;;;;+2/p-2. The van der Waals surface area contributed by atoms with Crippen molar-refractivity contribution < 1.29 is 72.1 Å². The van der Waals surface area contributed by atoms with Crippen LogP contribution in [0, 0.1) is 13.8 Å². The summed E-state index contributed by atoms with van der Waals surface area (Å²) in [7, 11) is 0. The molecule has 4 aromatic rings. The van der Waals surface area contributed by atoms with E-state index in [0.717, 1.165) is 61.0 Å². The minimum absolute atomic E-state index is 0. The maximum atomic E-state index is 14.2. The van der Waals surface area contributed by atoms with E-state index in [9.17, 15) is 26.3 Å². The molecule has 0 saturated heterocycles. The first-order valence-electron chi connectivity index (χ1n) is 16.9. The van der Waals surface area contributed by atoms with Crippen LogP contribution in [0.2, 0.25) is 0 Å². The molecule has 6 rings (SSSR count). The van der Waals surface area contributed by atoms with Crippen LogP contribution in [0.25, 0.3) is 11.1 Å². The molecular formula is C43H42Cl2F6Hf. The number of benzene rings is 4. The van der Waals surface area contributed by atoms with Gasteiger partial charge in [0.15, 0.2) is 0 Å². The van der Waals surface area contributed by atoms with Crippen LogP contribution in [-0.2, 0) is 44.1 Å². The number of hydrogen-bond donors (Lipinski definition) is 0. The van der Waals surface area contributed by atoms with Crippen LogP contribution in [0.4, 0.5) is 26.3 Å². The van der Waals surface area contributed by atoms with Crippen molar-refractivity contribution in [1.29, 1.82) is 0 Å². The fourth-order valence-corrected chi connectivity index (χ4v) is 20.8. The topological polar surface area (TPSA) is 0 Å². The van der Waals surface area contributed by atoms with Crippen molar-refractivity contribution in [3.8, 4) is 11.1 Å². The first-order valence-corrected chi connectivity index (χ1v) is 22.6. The SMILES string of the molecule is Cc1cc2c(cc1C(C)(C)C)-c1cc(C(C)(C)C)c(C)cc1[CH]2[Hf+2]([C]1=CC=CC1)=[C](c1cccc(C(F)(F)F)c1)c1cccc(C(F)(F)F)c1.[Cl-].[Cl-]. The third-order valence-electron chi connectivity index (χ3n) is 9.95. The normalized spacial score (nSPS) is 14.1. The summed E-state index contributed by atoms with van der Waals surface area (Å²) in [5.74, 6) is 0. The summed E-state index contributed by atoms with van der Waals surface area (Å²) in [6, 6.07) is 19.5. The molecule has 0 saturated carbocycles. The fraction of sp³-hybridized carbons (Fsp3) is 0.326. The van der Waals surface area contributed by atoms with Gasteiger partial charge in [-0.15, -0.1) is 0 Å². The van der Waals surface area contributed by atoms with Gasteiger partial charge in [-0.25, -0.2) is 0 Å². The zero-order valence-electron chi connectivity index (χ0n) is 30.5. The van der Waals surface area contributed by atoms with Gasteiger partial charge in [-0.2, -0.15) is 0 Å². The van der Waals surface area contributed by atoms with E-state index in [2.05, 4.69) is 91.8 Å². The predicted octanol–water partition coefficient (Wildman–Crippen LogP) is 6.74. The molecule has 0 aliphatic heterocycles. The fourth-order valence-electron chi connectivity index (χ4n) is 7.82. The van der Waals surface area contributed by atoms with Crippen molar-refractivity contribution in [1.82, 2.24) is 0 Å². The molecule has 0 aromatic heterocycles. The van der Waals surface area contributed by atoms with E-state index in [1.54, 1.807) is 12.1 Å². The van der Waals surface area contributed by atoms with Gasteiger partial charge in [0, 0.05) is 0 Å². The van der Waals surface area contributed by atoms with Gasteiger partial charge in [-0.1, -0.05) is 0 Å². The average molecular weight is 922 g/mol. The molecule has 0 fully saturated rings. The molecule has 0 radical (unpaired) electrons. The number of hydrogen-bond acceptors (Lipinski definition) is 0.